The van der Waals surface area contributed by atoms with Gasteiger partial charge in [-0.3, -0.25) is 9.59 Å². The first kappa shape index (κ1) is 22.3. The second-order valence-corrected chi connectivity index (χ2v) is 8.44. The maximum Gasteiger partial charge on any atom is 0.329 e. The molecule has 2 atom stereocenters. The van der Waals surface area contributed by atoms with Gasteiger partial charge in [0.15, 0.2) is 6.61 Å². The summed E-state index contributed by atoms with van der Waals surface area (Å²) < 4.78 is 10.8. The van der Waals surface area contributed by atoms with Crippen molar-refractivity contribution in [3.05, 3.63) is 70.2 Å². The first-order chi connectivity index (χ1) is 15.4. The molecule has 2 aliphatic heterocycles. The van der Waals surface area contributed by atoms with Gasteiger partial charge in [0.2, 0.25) is 0 Å². The van der Waals surface area contributed by atoms with Gasteiger partial charge in [-0.05, 0) is 30.2 Å². The third-order valence-corrected chi connectivity index (χ3v) is 6.15. The molecule has 2 aliphatic rings. The van der Waals surface area contributed by atoms with Gasteiger partial charge in [-0.25, -0.2) is 4.79 Å². The van der Waals surface area contributed by atoms with Crippen molar-refractivity contribution >= 4 is 29.4 Å². The molecule has 0 aromatic heterocycles. The molecule has 0 bridgehead atoms. The minimum absolute atomic E-state index is 0.0537. The lowest BCUT2D eigenvalue weighted by atomic mass is 9.93. The number of halogens is 1. The molecule has 4 rings (SSSR count). The Hall–Kier alpha value is -2.90. The monoisotopic (exact) mass is 456 g/mol. The number of amides is 2. The second-order valence-electron chi connectivity index (χ2n) is 8.03. The van der Waals surface area contributed by atoms with Crippen LogP contribution in [-0.2, 0) is 32.0 Å². The average Bonchev–Trinajstić information content (AvgIpc) is 2.81. The van der Waals surface area contributed by atoms with Crippen LogP contribution in [0.1, 0.15) is 28.4 Å². The number of carbonyl (C=O) groups excluding carboxylic acids is 3. The Morgan fingerprint density at radius 2 is 1.81 bits per heavy atom. The lowest BCUT2D eigenvalue weighted by Gasteiger charge is -2.36. The van der Waals surface area contributed by atoms with Gasteiger partial charge in [0.1, 0.15) is 6.04 Å². The number of esters is 1. The second kappa shape index (κ2) is 9.71. The number of rotatable bonds is 4. The number of morpholine rings is 1. The van der Waals surface area contributed by atoms with Gasteiger partial charge in [0, 0.05) is 26.1 Å². The van der Waals surface area contributed by atoms with Crippen molar-refractivity contribution in [1.82, 2.24) is 9.80 Å². The molecule has 7 nitrogen and oxygen atoms in total. The highest BCUT2D eigenvalue weighted by Crippen LogP contribution is 2.27. The molecule has 32 heavy (non-hydrogen) atoms. The molecule has 2 aromatic rings. The van der Waals surface area contributed by atoms with E-state index >= 15 is 0 Å². The lowest BCUT2D eigenvalue weighted by Crippen LogP contribution is -2.50. The number of benzene rings is 2. The van der Waals surface area contributed by atoms with Gasteiger partial charge in [-0.2, -0.15) is 0 Å². The normalized spacial score (nSPS) is 20.4. The fourth-order valence-corrected chi connectivity index (χ4v) is 4.32. The summed E-state index contributed by atoms with van der Waals surface area (Å²) in [5.74, 6) is -1.22. The van der Waals surface area contributed by atoms with Crippen molar-refractivity contribution in [1.29, 1.82) is 0 Å². The maximum absolute atomic E-state index is 13.3. The maximum atomic E-state index is 13.3. The van der Waals surface area contributed by atoms with Gasteiger partial charge in [0.25, 0.3) is 11.8 Å². The first-order valence-electron chi connectivity index (χ1n) is 10.6. The van der Waals surface area contributed by atoms with Crippen LogP contribution < -0.4 is 0 Å². The summed E-state index contributed by atoms with van der Waals surface area (Å²) in [5, 5.41) is 0.320. The van der Waals surface area contributed by atoms with Crippen LogP contribution in [0, 0.1) is 0 Å². The van der Waals surface area contributed by atoms with Gasteiger partial charge in [0.05, 0.1) is 23.3 Å². The average molecular weight is 457 g/mol. The molecule has 168 valence electrons. The molecule has 1 saturated heterocycles. The number of hydrogen-bond acceptors (Lipinski definition) is 5. The molecular formula is C24H25ClN2O5. The van der Waals surface area contributed by atoms with E-state index in [1.807, 2.05) is 31.2 Å². The van der Waals surface area contributed by atoms with E-state index in [0.717, 1.165) is 11.1 Å². The minimum atomic E-state index is -0.843. The lowest BCUT2D eigenvalue weighted by molar-refractivity contribution is -0.158. The topological polar surface area (TPSA) is 76.2 Å². The molecule has 0 radical (unpaired) electrons. The third-order valence-electron chi connectivity index (χ3n) is 5.82. The van der Waals surface area contributed by atoms with Crippen LogP contribution in [0.5, 0.6) is 0 Å². The summed E-state index contributed by atoms with van der Waals surface area (Å²) in [6.45, 7) is 3.18. The highest BCUT2D eigenvalue weighted by Gasteiger charge is 2.37. The Labute approximate surface area is 191 Å². The zero-order valence-corrected chi connectivity index (χ0v) is 18.6. The molecule has 0 aliphatic carbocycles. The standard InChI is InChI=1S/C24H25ClN2O5/c1-16-13-26(10-11-31-16)22(28)15-32-24(30)21-12-17-6-2-3-7-18(17)14-27(21)23(29)19-8-4-5-9-20(19)25/h2-9,16,21H,10-15H2,1H3/t16?,21-/m0/s1. The highest BCUT2D eigenvalue weighted by atomic mass is 35.5. The van der Waals surface area contributed by atoms with E-state index in [4.69, 9.17) is 21.1 Å². The van der Waals surface area contributed by atoms with E-state index in [0.29, 0.717) is 36.7 Å². The number of nitrogens with zero attached hydrogens (tertiary/aromatic N) is 2. The predicted octanol–water partition coefficient (Wildman–Crippen LogP) is 2.70. The van der Waals surface area contributed by atoms with Crippen molar-refractivity contribution in [2.45, 2.75) is 32.0 Å². The predicted molar refractivity (Wildman–Crippen MR) is 118 cm³/mol. The van der Waals surface area contributed by atoms with E-state index < -0.39 is 12.0 Å². The molecule has 2 aromatic carbocycles. The molecular weight excluding hydrogens is 432 g/mol. The molecule has 2 heterocycles. The smallest absolute Gasteiger partial charge is 0.329 e. The Morgan fingerprint density at radius 3 is 2.56 bits per heavy atom. The van der Waals surface area contributed by atoms with E-state index in [-0.39, 0.29) is 31.1 Å². The molecule has 0 spiro atoms. The summed E-state index contributed by atoms with van der Waals surface area (Å²) in [6.07, 6.45) is 0.260. The number of hydrogen-bond donors (Lipinski definition) is 0. The summed E-state index contributed by atoms with van der Waals surface area (Å²) in [6, 6.07) is 13.6. The number of ether oxygens (including phenoxy) is 2. The summed E-state index contributed by atoms with van der Waals surface area (Å²) in [7, 11) is 0. The molecule has 1 unspecified atom stereocenters. The third kappa shape index (κ3) is 4.79. The zero-order valence-electron chi connectivity index (χ0n) is 17.8. The number of carbonyl (C=O) groups is 3. The van der Waals surface area contributed by atoms with Crippen molar-refractivity contribution in [2.24, 2.45) is 0 Å². The SMILES string of the molecule is CC1CN(C(=O)COC(=O)[C@@H]2Cc3ccccc3CN2C(=O)c2ccccc2Cl)CCO1. The van der Waals surface area contributed by atoms with Crippen molar-refractivity contribution < 1.29 is 23.9 Å². The van der Waals surface area contributed by atoms with Gasteiger partial charge in [-0.15, -0.1) is 0 Å². The van der Waals surface area contributed by atoms with Gasteiger partial charge >= 0.3 is 5.97 Å². The van der Waals surface area contributed by atoms with Gasteiger partial charge < -0.3 is 19.3 Å². The van der Waals surface area contributed by atoms with Crippen LogP contribution >= 0.6 is 11.6 Å². The Bertz CT molecular complexity index is 1030. The van der Waals surface area contributed by atoms with Crippen molar-refractivity contribution in [2.75, 3.05) is 26.3 Å². The summed E-state index contributed by atoms with van der Waals surface area (Å²) in [4.78, 5) is 42.0. The fourth-order valence-electron chi connectivity index (χ4n) is 4.10. The van der Waals surface area contributed by atoms with E-state index in [1.54, 1.807) is 29.2 Å². The molecule has 1 fully saturated rings. The van der Waals surface area contributed by atoms with Gasteiger partial charge in [-0.1, -0.05) is 48.0 Å². The van der Waals surface area contributed by atoms with E-state index in [9.17, 15) is 14.4 Å². The van der Waals surface area contributed by atoms with Crippen LogP contribution in [0.4, 0.5) is 0 Å². The van der Waals surface area contributed by atoms with Crippen LogP contribution in [0.25, 0.3) is 0 Å². The summed E-state index contributed by atoms with van der Waals surface area (Å²) in [5.41, 5.74) is 2.27. The zero-order chi connectivity index (χ0) is 22.7. The van der Waals surface area contributed by atoms with Crippen LogP contribution in [0.3, 0.4) is 0 Å². The molecule has 8 heteroatoms. The van der Waals surface area contributed by atoms with E-state index in [2.05, 4.69) is 0 Å². The summed E-state index contributed by atoms with van der Waals surface area (Å²) >= 11 is 6.24. The fraction of sp³-hybridized carbons (Fsp3) is 0.375. The van der Waals surface area contributed by atoms with Crippen molar-refractivity contribution in [3.8, 4) is 0 Å². The quantitative estimate of drug-likeness (QED) is 0.661. The number of fused-ring (bicyclic) bond motifs is 1. The van der Waals surface area contributed by atoms with Crippen LogP contribution in [-0.4, -0.2) is 66.0 Å². The molecule has 0 saturated carbocycles. The Morgan fingerprint density at radius 1 is 1.09 bits per heavy atom. The Balaban J connectivity index is 1.51. The largest absolute Gasteiger partial charge is 0.454 e. The van der Waals surface area contributed by atoms with E-state index in [1.165, 1.54) is 4.90 Å². The van der Waals surface area contributed by atoms with Crippen LogP contribution in [0.15, 0.2) is 48.5 Å². The highest BCUT2D eigenvalue weighted by molar-refractivity contribution is 6.33. The first-order valence-corrected chi connectivity index (χ1v) is 11.0. The van der Waals surface area contributed by atoms with Crippen molar-refractivity contribution in [3.63, 3.8) is 0 Å². The Kier molecular flexibility index (Phi) is 6.77. The van der Waals surface area contributed by atoms with Crippen LogP contribution in [0.2, 0.25) is 5.02 Å². The molecule has 0 N–H and O–H groups in total. The minimum Gasteiger partial charge on any atom is -0.454 e. The molecule has 2 amide bonds.